The molecule has 0 spiro atoms. The summed E-state index contributed by atoms with van der Waals surface area (Å²) in [5.41, 5.74) is 0.932. The van der Waals surface area contributed by atoms with Crippen molar-refractivity contribution < 1.29 is 19.4 Å². The molecule has 1 heterocycles. The van der Waals surface area contributed by atoms with Crippen molar-refractivity contribution in [1.82, 2.24) is 4.90 Å². The molecule has 1 N–H and O–H groups in total. The molecule has 1 saturated heterocycles. The number of nitrogens with zero attached hydrogens (tertiary/aromatic N) is 1. The molecule has 1 aromatic rings. The largest absolute Gasteiger partial charge is 0.507 e. The summed E-state index contributed by atoms with van der Waals surface area (Å²) in [6.07, 6.45) is 3.06. The van der Waals surface area contributed by atoms with Crippen LogP contribution in [0.15, 0.2) is 18.2 Å². The van der Waals surface area contributed by atoms with Gasteiger partial charge in [-0.3, -0.25) is 4.79 Å². The summed E-state index contributed by atoms with van der Waals surface area (Å²) < 4.78 is 5.09. The van der Waals surface area contributed by atoms with Crippen molar-refractivity contribution in [3.63, 3.8) is 0 Å². The maximum Gasteiger partial charge on any atom is 0.342 e. The van der Waals surface area contributed by atoms with Gasteiger partial charge < -0.3 is 14.7 Å². The third kappa shape index (κ3) is 3.59. The fourth-order valence-electron chi connectivity index (χ4n) is 3.01. The summed E-state index contributed by atoms with van der Waals surface area (Å²) in [6.45, 7) is 5.56. The van der Waals surface area contributed by atoms with Crippen LogP contribution in [0, 0.1) is 6.92 Å². The minimum atomic E-state index is -0.674. The topological polar surface area (TPSA) is 66.8 Å². The summed E-state index contributed by atoms with van der Waals surface area (Å²) in [5, 5.41) is 9.71. The van der Waals surface area contributed by atoms with Gasteiger partial charge in [-0.15, -0.1) is 0 Å². The minimum Gasteiger partial charge on any atom is -0.507 e. The molecule has 1 aliphatic heterocycles. The number of likely N-dealkylation sites (tertiary alicyclic amines) is 1. The fraction of sp³-hybridized carbons (Fsp3) is 0.529. The van der Waals surface area contributed by atoms with Crippen molar-refractivity contribution in [2.24, 2.45) is 0 Å². The molecule has 0 aromatic heterocycles. The number of carbonyl (C=O) groups is 2. The quantitative estimate of drug-likeness (QED) is 0.872. The second-order valence-electron chi connectivity index (χ2n) is 6.03. The first kappa shape index (κ1) is 16.3. The highest BCUT2D eigenvalue weighted by atomic mass is 16.5. The highest BCUT2D eigenvalue weighted by Gasteiger charge is 2.29. The van der Waals surface area contributed by atoms with E-state index in [9.17, 15) is 14.7 Å². The van der Waals surface area contributed by atoms with E-state index in [4.69, 9.17) is 4.74 Å². The molecular formula is C17H23NO4. The van der Waals surface area contributed by atoms with Crippen molar-refractivity contribution in [1.29, 1.82) is 0 Å². The van der Waals surface area contributed by atoms with Gasteiger partial charge in [0.25, 0.3) is 5.91 Å². The van der Waals surface area contributed by atoms with Crippen LogP contribution >= 0.6 is 0 Å². The van der Waals surface area contributed by atoms with Gasteiger partial charge in [0.15, 0.2) is 6.61 Å². The molecule has 120 valence electrons. The number of piperidine rings is 1. The molecule has 5 nitrogen and oxygen atoms in total. The number of esters is 1. The number of ether oxygens (including phenoxy) is 1. The highest BCUT2D eigenvalue weighted by Crippen LogP contribution is 2.23. The zero-order chi connectivity index (χ0) is 16.3. The molecule has 2 atom stereocenters. The molecule has 0 bridgehead atoms. The summed E-state index contributed by atoms with van der Waals surface area (Å²) in [5.74, 6) is -0.991. The van der Waals surface area contributed by atoms with Crippen LogP contribution in [0.3, 0.4) is 0 Å². The molecule has 0 saturated carbocycles. The predicted octanol–water partition coefficient (Wildman–Crippen LogP) is 2.65. The molecule has 1 fully saturated rings. The number of benzene rings is 1. The van der Waals surface area contributed by atoms with Crippen molar-refractivity contribution in [2.45, 2.75) is 52.1 Å². The number of rotatable bonds is 3. The summed E-state index contributed by atoms with van der Waals surface area (Å²) >= 11 is 0. The molecular weight excluding hydrogens is 282 g/mol. The normalized spacial score (nSPS) is 21.5. The van der Waals surface area contributed by atoms with Crippen LogP contribution in [0.1, 0.15) is 49.0 Å². The number of carbonyl (C=O) groups excluding carboxylic acids is 2. The van der Waals surface area contributed by atoms with Gasteiger partial charge in [-0.05, 0) is 52.2 Å². The highest BCUT2D eigenvalue weighted by molar-refractivity contribution is 5.94. The van der Waals surface area contributed by atoms with Crippen molar-refractivity contribution >= 4 is 11.9 Å². The molecule has 0 aliphatic carbocycles. The number of hydrogen-bond acceptors (Lipinski definition) is 4. The first-order valence-electron chi connectivity index (χ1n) is 7.68. The molecule has 0 unspecified atom stereocenters. The average Bonchev–Trinajstić information content (AvgIpc) is 2.47. The summed E-state index contributed by atoms with van der Waals surface area (Å²) in [7, 11) is 0. The molecule has 1 amide bonds. The lowest BCUT2D eigenvalue weighted by Gasteiger charge is -2.38. The van der Waals surface area contributed by atoms with Crippen LogP contribution in [-0.4, -0.2) is 40.6 Å². The van der Waals surface area contributed by atoms with Gasteiger partial charge in [-0.1, -0.05) is 11.6 Å². The van der Waals surface area contributed by atoms with E-state index < -0.39 is 5.97 Å². The lowest BCUT2D eigenvalue weighted by Crippen LogP contribution is -2.49. The standard InChI is InChI=1S/C17H23NO4/c1-11-7-8-15(19)14(9-11)17(21)22-10-16(20)18-12(2)5-4-6-13(18)3/h7-9,12-13,19H,4-6,10H2,1-3H3/t12-,13-/m1/s1. The Balaban J connectivity index is 1.98. The third-order valence-electron chi connectivity index (χ3n) is 4.18. The average molecular weight is 305 g/mol. The fourth-order valence-corrected chi connectivity index (χ4v) is 3.01. The maximum atomic E-state index is 12.3. The summed E-state index contributed by atoms with van der Waals surface area (Å²) in [4.78, 5) is 26.1. The van der Waals surface area contributed by atoms with E-state index in [2.05, 4.69) is 0 Å². The molecule has 1 aromatic carbocycles. The first-order chi connectivity index (χ1) is 10.4. The van der Waals surface area contributed by atoms with Crippen LogP contribution in [-0.2, 0) is 9.53 Å². The van der Waals surface area contributed by atoms with Crippen molar-refractivity contribution in [2.75, 3.05) is 6.61 Å². The van der Waals surface area contributed by atoms with Crippen LogP contribution in [0.25, 0.3) is 0 Å². The Kier molecular flexibility index (Phi) is 5.06. The Morgan fingerprint density at radius 3 is 2.55 bits per heavy atom. The van der Waals surface area contributed by atoms with Gasteiger partial charge >= 0.3 is 5.97 Å². The van der Waals surface area contributed by atoms with Gasteiger partial charge in [0.05, 0.1) is 0 Å². The van der Waals surface area contributed by atoms with E-state index in [1.165, 1.54) is 6.07 Å². The predicted molar refractivity (Wildman–Crippen MR) is 82.7 cm³/mol. The van der Waals surface area contributed by atoms with Gasteiger partial charge in [0.1, 0.15) is 11.3 Å². The van der Waals surface area contributed by atoms with Crippen LogP contribution < -0.4 is 0 Å². The van der Waals surface area contributed by atoms with E-state index in [0.29, 0.717) is 0 Å². The van der Waals surface area contributed by atoms with E-state index in [-0.39, 0.29) is 35.9 Å². The van der Waals surface area contributed by atoms with Gasteiger partial charge in [0.2, 0.25) is 0 Å². The number of hydrogen-bond donors (Lipinski definition) is 1. The van der Waals surface area contributed by atoms with E-state index in [0.717, 1.165) is 24.8 Å². The smallest absolute Gasteiger partial charge is 0.342 e. The zero-order valence-electron chi connectivity index (χ0n) is 13.3. The Hall–Kier alpha value is -2.04. The Bertz CT molecular complexity index is 560. The number of phenols is 1. The molecule has 2 rings (SSSR count). The molecule has 22 heavy (non-hydrogen) atoms. The maximum absolute atomic E-state index is 12.3. The van der Waals surface area contributed by atoms with E-state index in [1.54, 1.807) is 17.0 Å². The first-order valence-corrected chi connectivity index (χ1v) is 7.68. The molecule has 5 heteroatoms. The van der Waals surface area contributed by atoms with Crippen molar-refractivity contribution in [3.05, 3.63) is 29.3 Å². The number of aromatic hydroxyl groups is 1. The monoisotopic (exact) mass is 305 g/mol. The molecule has 0 radical (unpaired) electrons. The van der Waals surface area contributed by atoms with Gasteiger partial charge in [-0.25, -0.2) is 4.79 Å². The lowest BCUT2D eigenvalue weighted by molar-refractivity contribution is -0.140. The van der Waals surface area contributed by atoms with Crippen LogP contribution in [0.4, 0.5) is 0 Å². The van der Waals surface area contributed by atoms with Crippen LogP contribution in [0.2, 0.25) is 0 Å². The minimum absolute atomic E-state index is 0.0903. The van der Waals surface area contributed by atoms with E-state index in [1.807, 2.05) is 20.8 Å². The van der Waals surface area contributed by atoms with Crippen molar-refractivity contribution in [3.8, 4) is 5.75 Å². The van der Waals surface area contributed by atoms with E-state index >= 15 is 0 Å². The third-order valence-corrected chi connectivity index (χ3v) is 4.18. The lowest BCUT2D eigenvalue weighted by atomic mass is 9.97. The Morgan fingerprint density at radius 2 is 1.91 bits per heavy atom. The second-order valence-corrected chi connectivity index (χ2v) is 6.03. The zero-order valence-corrected chi connectivity index (χ0v) is 13.3. The number of phenolic OH excluding ortho intramolecular Hbond substituents is 1. The van der Waals surface area contributed by atoms with Gasteiger partial charge in [0, 0.05) is 12.1 Å². The molecule has 1 aliphatic rings. The number of amides is 1. The van der Waals surface area contributed by atoms with Gasteiger partial charge in [-0.2, -0.15) is 0 Å². The number of aryl methyl sites for hydroxylation is 1. The Morgan fingerprint density at radius 1 is 1.27 bits per heavy atom. The SMILES string of the molecule is Cc1ccc(O)c(C(=O)OCC(=O)N2[C@H](C)CCC[C@H]2C)c1. The Labute approximate surface area is 130 Å². The second kappa shape index (κ2) is 6.81. The van der Waals surface area contributed by atoms with Crippen LogP contribution in [0.5, 0.6) is 5.75 Å². The summed E-state index contributed by atoms with van der Waals surface area (Å²) in [6, 6.07) is 5.04.